The first-order chi connectivity index (χ1) is 16.6. The molecule has 1 atom stereocenters. The van der Waals surface area contributed by atoms with E-state index in [0.717, 1.165) is 11.1 Å². The van der Waals surface area contributed by atoms with Crippen LogP contribution in [0.4, 0.5) is 11.6 Å². The number of hydrogen-bond acceptors (Lipinski definition) is 5. The molecule has 34 heavy (non-hydrogen) atoms. The molecule has 0 spiro atoms. The number of carbonyl (C=O) groups is 1. The van der Waals surface area contributed by atoms with Gasteiger partial charge in [0, 0.05) is 22.0 Å². The van der Waals surface area contributed by atoms with Gasteiger partial charge in [-0.25, -0.2) is 4.68 Å². The minimum absolute atomic E-state index is 0.218. The Morgan fingerprint density at radius 3 is 2.71 bits per heavy atom. The van der Waals surface area contributed by atoms with Crippen LogP contribution in [0.3, 0.4) is 0 Å². The van der Waals surface area contributed by atoms with Crippen molar-refractivity contribution in [1.29, 1.82) is 0 Å². The molecule has 0 saturated heterocycles. The summed E-state index contributed by atoms with van der Waals surface area (Å²) in [6.45, 7) is 2.20. The highest BCUT2D eigenvalue weighted by Crippen LogP contribution is 2.36. The molecule has 7 nitrogen and oxygen atoms in total. The van der Waals surface area contributed by atoms with Gasteiger partial charge in [-0.05, 0) is 42.8 Å². The highest BCUT2D eigenvalue weighted by molar-refractivity contribution is 6.31. The van der Waals surface area contributed by atoms with Crippen molar-refractivity contribution in [3.05, 3.63) is 113 Å². The van der Waals surface area contributed by atoms with E-state index in [0.29, 0.717) is 40.3 Å². The van der Waals surface area contributed by atoms with Crippen LogP contribution in [0.15, 0.2) is 96.5 Å². The molecule has 2 heterocycles. The van der Waals surface area contributed by atoms with E-state index >= 15 is 0 Å². The van der Waals surface area contributed by atoms with E-state index in [1.54, 1.807) is 4.68 Å². The zero-order valence-corrected chi connectivity index (χ0v) is 19.2. The van der Waals surface area contributed by atoms with Gasteiger partial charge in [0.1, 0.15) is 24.7 Å². The predicted molar refractivity (Wildman–Crippen MR) is 132 cm³/mol. The number of hydrogen-bond donors (Lipinski definition) is 2. The second-order valence-electron chi connectivity index (χ2n) is 7.87. The van der Waals surface area contributed by atoms with Crippen molar-refractivity contribution in [2.75, 3.05) is 10.6 Å². The molecule has 1 aliphatic heterocycles. The van der Waals surface area contributed by atoms with Gasteiger partial charge in [-0.3, -0.25) is 4.79 Å². The average Bonchev–Trinajstić information content (AvgIpc) is 3.31. The van der Waals surface area contributed by atoms with Crippen LogP contribution in [0.1, 0.15) is 24.1 Å². The van der Waals surface area contributed by atoms with Crippen LogP contribution in [0.5, 0.6) is 5.75 Å². The lowest BCUT2D eigenvalue weighted by atomic mass is 9.95. The van der Waals surface area contributed by atoms with Crippen LogP contribution in [-0.2, 0) is 11.4 Å². The molecule has 0 unspecified atom stereocenters. The van der Waals surface area contributed by atoms with Gasteiger partial charge in [-0.2, -0.15) is 10.1 Å². The maximum atomic E-state index is 13.4. The maximum absolute atomic E-state index is 13.4. The summed E-state index contributed by atoms with van der Waals surface area (Å²) in [5.74, 6) is 1.02. The average molecular weight is 472 g/mol. The van der Waals surface area contributed by atoms with Crippen molar-refractivity contribution < 1.29 is 9.53 Å². The lowest BCUT2D eigenvalue weighted by Gasteiger charge is -2.29. The Balaban J connectivity index is 1.47. The second kappa shape index (κ2) is 9.41. The van der Waals surface area contributed by atoms with Gasteiger partial charge in [-0.15, -0.1) is 0 Å². The Bertz CT molecular complexity index is 1370. The molecule has 0 radical (unpaired) electrons. The van der Waals surface area contributed by atoms with Gasteiger partial charge < -0.3 is 15.4 Å². The van der Waals surface area contributed by atoms with Crippen LogP contribution in [0.2, 0.25) is 5.02 Å². The third-order valence-electron chi connectivity index (χ3n) is 5.60. The van der Waals surface area contributed by atoms with Crippen LogP contribution >= 0.6 is 11.6 Å². The molecule has 1 aromatic heterocycles. The molecule has 0 fully saturated rings. The maximum Gasteiger partial charge on any atom is 0.255 e. The normalized spacial score (nSPS) is 14.8. The number of fused-ring (bicyclic) bond motifs is 1. The first-order valence-corrected chi connectivity index (χ1v) is 11.2. The number of carbonyl (C=O) groups excluding carboxylic acids is 1. The van der Waals surface area contributed by atoms with Crippen molar-refractivity contribution in [2.45, 2.75) is 19.6 Å². The number of halogens is 1. The highest BCUT2D eigenvalue weighted by Gasteiger charge is 2.33. The zero-order chi connectivity index (χ0) is 23.5. The summed E-state index contributed by atoms with van der Waals surface area (Å²) in [6.07, 6.45) is 1.47. The van der Waals surface area contributed by atoms with Crippen molar-refractivity contribution in [1.82, 2.24) is 14.8 Å². The summed E-state index contributed by atoms with van der Waals surface area (Å²) < 4.78 is 7.74. The van der Waals surface area contributed by atoms with Crippen LogP contribution < -0.4 is 15.4 Å². The summed E-state index contributed by atoms with van der Waals surface area (Å²) in [6, 6.07) is 24.1. The molecule has 0 bridgehead atoms. The number of nitrogens with zero attached hydrogens (tertiary/aromatic N) is 3. The first kappa shape index (κ1) is 21.7. The van der Waals surface area contributed by atoms with Crippen molar-refractivity contribution in [3.8, 4) is 5.75 Å². The number of allylic oxidation sites excluding steroid dienone is 1. The molecule has 170 valence electrons. The highest BCUT2D eigenvalue weighted by atomic mass is 35.5. The third-order valence-corrected chi connectivity index (χ3v) is 5.97. The second-order valence-corrected chi connectivity index (χ2v) is 8.27. The van der Waals surface area contributed by atoms with Crippen molar-refractivity contribution in [3.63, 3.8) is 0 Å². The molecule has 0 aliphatic carbocycles. The number of rotatable bonds is 6. The monoisotopic (exact) mass is 471 g/mol. The summed E-state index contributed by atoms with van der Waals surface area (Å²) in [7, 11) is 0. The molecule has 5 rings (SSSR count). The Hall–Kier alpha value is -4.10. The Labute approximate surface area is 202 Å². The number of amides is 1. The van der Waals surface area contributed by atoms with Crippen LogP contribution in [0, 0.1) is 0 Å². The predicted octanol–water partition coefficient (Wildman–Crippen LogP) is 5.44. The summed E-state index contributed by atoms with van der Waals surface area (Å²) in [5, 5.41) is 11.2. The van der Waals surface area contributed by atoms with E-state index in [2.05, 4.69) is 20.7 Å². The molecule has 1 amide bonds. The van der Waals surface area contributed by atoms with Crippen LogP contribution in [-0.4, -0.2) is 20.7 Å². The lowest BCUT2D eigenvalue weighted by Crippen LogP contribution is -2.31. The number of ether oxygens (including phenoxy) is 1. The number of para-hydroxylation sites is 1. The molecule has 0 saturated carbocycles. The molecule has 4 aromatic rings. The fourth-order valence-corrected chi connectivity index (χ4v) is 4.15. The Kier molecular flexibility index (Phi) is 6.01. The lowest BCUT2D eigenvalue weighted by molar-refractivity contribution is -0.113. The third kappa shape index (κ3) is 4.38. The number of anilines is 2. The van der Waals surface area contributed by atoms with Gasteiger partial charge in [0.05, 0.1) is 5.57 Å². The minimum atomic E-state index is -0.480. The largest absolute Gasteiger partial charge is 0.489 e. The molecule has 3 aromatic carbocycles. The smallest absolute Gasteiger partial charge is 0.255 e. The first-order valence-electron chi connectivity index (χ1n) is 10.8. The number of nitrogens with one attached hydrogen (secondary N) is 2. The van der Waals surface area contributed by atoms with Gasteiger partial charge in [0.25, 0.3) is 5.91 Å². The summed E-state index contributed by atoms with van der Waals surface area (Å²) in [4.78, 5) is 17.7. The Morgan fingerprint density at radius 2 is 1.88 bits per heavy atom. The van der Waals surface area contributed by atoms with E-state index in [1.807, 2.05) is 85.8 Å². The Morgan fingerprint density at radius 1 is 1.09 bits per heavy atom. The topological polar surface area (TPSA) is 81.1 Å². The van der Waals surface area contributed by atoms with E-state index in [-0.39, 0.29) is 5.91 Å². The summed E-state index contributed by atoms with van der Waals surface area (Å²) >= 11 is 6.27. The van der Waals surface area contributed by atoms with E-state index in [1.165, 1.54) is 6.33 Å². The molecule has 2 N–H and O–H groups in total. The zero-order valence-electron chi connectivity index (χ0n) is 18.4. The van der Waals surface area contributed by atoms with E-state index in [4.69, 9.17) is 16.3 Å². The molecule has 8 heteroatoms. The van der Waals surface area contributed by atoms with Gasteiger partial charge in [0.15, 0.2) is 0 Å². The van der Waals surface area contributed by atoms with Crippen molar-refractivity contribution in [2.24, 2.45) is 0 Å². The number of benzene rings is 3. The van der Waals surface area contributed by atoms with Gasteiger partial charge in [0.2, 0.25) is 5.95 Å². The SMILES string of the molecule is CC1=C(C(=O)Nc2ccccc2)[C@H](c2cccc(OCc3ccccc3Cl)c2)n2ncnc2N1. The minimum Gasteiger partial charge on any atom is -0.489 e. The standard InChI is InChI=1S/C26H22ClN5O2/c1-17-23(25(33)31-20-10-3-2-4-11-20)24(32-26(30-17)28-16-29-32)18-9-7-12-21(14-18)34-15-19-8-5-6-13-22(19)27/h2-14,16,24H,15H2,1H3,(H,31,33)(H,28,29,30)/t24-/m0/s1. The quantitative estimate of drug-likeness (QED) is 0.391. The van der Waals surface area contributed by atoms with Crippen LogP contribution in [0.25, 0.3) is 0 Å². The fraction of sp³-hybridized carbons (Fsp3) is 0.115. The summed E-state index contributed by atoms with van der Waals surface area (Å²) in [5.41, 5.74) is 3.72. The van der Waals surface area contributed by atoms with E-state index < -0.39 is 6.04 Å². The number of aromatic nitrogens is 3. The fourth-order valence-electron chi connectivity index (χ4n) is 3.96. The van der Waals surface area contributed by atoms with Crippen molar-refractivity contribution >= 4 is 29.1 Å². The molecule has 1 aliphatic rings. The molecular formula is C26H22ClN5O2. The van der Waals surface area contributed by atoms with E-state index in [9.17, 15) is 4.79 Å². The van der Waals surface area contributed by atoms with Gasteiger partial charge >= 0.3 is 0 Å². The molecular weight excluding hydrogens is 450 g/mol. The van der Waals surface area contributed by atoms with Gasteiger partial charge in [-0.1, -0.05) is 60.1 Å².